The average Bonchev–Trinajstić information content (AvgIpc) is 1.87. The van der Waals surface area contributed by atoms with Gasteiger partial charge in [0.25, 0.3) is 0 Å². The lowest BCUT2D eigenvalue weighted by molar-refractivity contribution is -0.138. The topological polar surface area (TPSA) is 35.5 Å². The quantitative estimate of drug-likeness (QED) is 0.315. The molecule has 0 unspecified atom stereocenters. The summed E-state index contributed by atoms with van der Waals surface area (Å²) in [6.45, 7) is 0. The minimum absolute atomic E-state index is 0.672. The summed E-state index contributed by atoms with van der Waals surface area (Å²) in [6, 6.07) is 0. The normalized spacial score (nSPS) is 10.8. The molecule has 0 atom stereocenters. The van der Waals surface area contributed by atoms with Crippen LogP contribution in [0, 0.1) is 0 Å². The molecule has 0 amide bonds. The molecule has 0 saturated heterocycles. The van der Waals surface area contributed by atoms with Gasteiger partial charge in [0.1, 0.15) is 6.26 Å². The maximum absolute atomic E-state index is 12.1. The van der Waals surface area contributed by atoms with Crippen LogP contribution in [0.1, 0.15) is 0 Å². The van der Waals surface area contributed by atoms with Gasteiger partial charge in [0.05, 0.1) is 14.2 Å². The van der Waals surface area contributed by atoms with Crippen molar-refractivity contribution in [1.29, 1.82) is 0 Å². The smallest absolute Gasteiger partial charge is 0.370 e. The Balaban J connectivity index is 3.86. The van der Waals surface area contributed by atoms with Crippen molar-refractivity contribution in [1.82, 2.24) is 0 Å². The summed E-state index contributed by atoms with van der Waals surface area (Å²) in [5.74, 6) is -2.07. The van der Waals surface area contributed by atoms with E-state index in [1.54, 1.807) is 0 Å². The van der Waals surface area contributed by atoms with E-state index in [4.69, 9.17) is 0 Å². The van der Waals surface area contributed by atoms with Crippen LogP contribution >= 0.6 is 0 Å². The van der Waals surface area contributed by atoms with Crippen LogP contribution in [-0.4, -0.2) is 20.2 Å². The SMILES string of the molecule is CO/C=C(\F)C(=O)OC. The Morgan fingerprint density at radius 3 is 2.44 bits per heavy atom. The number of esters is 1. The van der Waals surface area contributed by atoms with Crippen LogP contribution in [0.25, 0.3) is 0 Å². The first-order valence-electron chi connectivity index (χ1n) is 2.19. The van der Waals surface area contributed by atoms with Gasteiger partial charge < -0.3 is 9.47 Å². The van der Waals surface area contributed by atoms with Crippen LogP contribution in [0.4, 0.5) is 4.39 Å². The number of carbonyl (C=O) groups is 1. The minimum Gasteiger partial charge on any atom is -0.501 e. The third-order valence-electron chi connectivity index (χ3n) is 0.602. The highest BCUT2D eigenvalue weighted by Gasteiger charge is 2.06. The van der Waals surface area contributed by atoms with E-state index in [2.05, 4.69) is 9.47 Å². The first-order valence-corrected chi connectivity index (χ1v) is 2.19. The van der Waals surface area contributed by atoms with Crippen LogP contribution in [-0.2, 0) is 14.3 Å². The van der Waals surface area contributed by atoms with E-state index >= 15 is 0 Å². The van der Waals surface area contributed by atoms with Gasteiger partial charge in [-0.1, -0.05) is 0 Å². The Kier molecular flexibility index (Phi) is 3.43. The van der Waals surface area contributed by atoms with E-state index in [0.717, 1.165) is 7.11 Å². The summed E-state index contributed by atoms with van der Waals surface area (Å²) in [5.41, 5.74) is 0. The Labute approximate surface area is 52.1 Å². The summed E-state index contributed by atoms with van der Waals surface area (Å²) in [4.78, 5) is 10.2. The highest BCUT2D eigenvalue weighted by Crippen LogP contribution is 1.97. The molecule has 0 aliphatic carbocycles. The molecule has 0 aromatic carbocycles. The van der Waals surface area contributed by atoms with E-state index in [0.29, 0.717) is 6.26 Å². The van der Waals surface area contributed by atoms with E-state index < -0.39 is 11.8 Å². The highest BCUT2D eigenvalue weighted by atomic mass is 19.1. The van der Waals surface area contributed by atoms with Gasteiger partial charge >= 0.3 is 5.97 Å². The third kappa shape index (κ3) is 2.69. The van der Waals surface area contributed by atoms with Gasteiger partial charge in [-0.25, -0.2) is 4.79 Å². The zero-order valence-electron chi connectivity index (χ0n) is 5.18. The van der Waals surface area contributed by atoms with Crippen LogP contribution in [0.2, 0.25) is 0 Å². The molecule has 0 radical (unpaired) electrons. The molecule has 9 heavy (non-hydrogen) atoms. The van der Waals surface area contributed by atoms with E-state index in [1.165, 1.54) is 7.11 Å². The maximum Gasteiger partial charge on any atom is 0.370 e. The number of halogens is 1. The fourth-order valence-electron chi connectivity index (χ4n) is 0.249. The van der Waals surface area contributed by atoms with Crippen LogP contribution in [0.15, 0.2) is 12.1 Å². The van der Waals surface area contributed by atoms with Crippen LogP contribution in [0.3, 0.4) is 0 Å². The lowest BCUT2D eigenvalue weighted by Crippen LogP contribution is -2.00. The summed E-state index contributed by atoms with van der Waals surface area (Å²) >= 11 is 0. The Hall–Kier alpha value is -1.06. The molecule has 0 aromatic rings. The molecule has 0 saturated carbocycles. The van der Waals surface area contributed by atoms with Gasteiger partial charge in [-0.05, 0) is 0 Å². The number of hydrogen-bond donors (Lipinski definition) is 0. The van der Waals surface area contributed by atoms with Crippen LogP contribution in [0.5, 0.6) is 0 Å². The second-order valence-corrected chi connectivity index (χ2v) is 1.19. The summed E-state index contributed by atoms with van der Waals surface area (Å²) in [5, 5.41) is 0. The van der Waals surface area contributed by atoms with Crippen molar-refractivity contribution in [3.8, 4) is 0 Å². The van der Waals surface area contributed by atoms with Crippen molar-refractivity contribution in [3.05, 3.63) is 12.1 Å². The predicted octanol–water partition coefficient (Wildman–Crippen LogP) is 0.617. The number of ether oxygens (including phenoxy) is 2. The number of methoxy groups -OCH3 is 2. The lowest BCUT2D eigenvalue weighted by atomic mass is 10.6. The first-order chi connectivity index (χ1) is 4.22. The third-order valence-corrected chi connectivity index (χ3v) is 0.602. The molecule has 0 spiro atoms. The van der Waals surface area contributed by atoms with Gasteiger partial charge in [-0.15, -0.1) is 0 Å². The largest absolute Gasteiger partial charge is 0.501 e. The molecular formula is C5H7FO3. The molecule has 52 valence electrons. The fraction of sp³-hybridized carbons (Fsp3) is 0.400. The summed E-state index contributed by atoms with van der Waals surface area (Å²) < 4.78 is 20.2. The molecule has 0 aliphatic rings. The van der Waals surface area contributed by atoms with E-state index in [1.807, 2.05) is 0 Å². The van der Waals surface area contributed by atoms with E-state index in [9.17, 15) is 9.18 Å². The van der Waals surface area contributed by atoms with Gasteiger partial charge in [0.15, 0.2) is 0 Å². The molecular weight excluding hydrogens is 127 g/mol. The van der Waals surface area contributed by atoms with Gasteiger partial charge in [-0.2, -0.15) is 4.39 Å². The van der Waals surface area contributed by atoms with Crippen molar-refractivity contribution in [2.24, 2.45) is 0 Å². The molecule has 0 aliphatic heterocycles. The van der Waals surface area contributed by atoms with Crippen molar-refractivity contribution in [2.75, 3.05) is 14.2 Å². The van der Waals surface area contributed by atoms with Crippen molar-refractivity contribution in [2.45, 2.75) is 0 Å². The Morgan fingerprint density at radius 1 is 1.56 bits per heavy atom. The average molecular weight is 134 g/mol. The molecule has 0 rings (SSSR count). The van der Waals surface area contributed by atoms with Gasteiger partial charge in [-0.3, -0.25) is 0 Å². The molecule has 0 N–H and O–H groups in total. The Morgan fingerprint density at radius 2 is 2.11 bits per heavy atom. The Bertz CT molecular complexity index is 130. The van der Waals surface area contributed by atoms with Crippen molar-refractivity contribution in [3.63, 3.8) is 0 Å². The number of hydrogen-bond acceptors (Lipinski definition) is 3. The summed E-state index contributed by atoms with van der Waals surface area (Å²) in [7, 11) is 2.33. The predicted molar refractivity (Wildman–Crippen MR) is 28.2 cm³/mol. The maximum atomic E-state index is 12.1. The minimum atomic E-state index is -1.04. The second-order valence-electron chi connectivity index (χ2n) is 1.19. The zero-order valence-corrected chi connectivity index (χ0v) is 5.18. The standard InChI is InChI=1S/C5H7FO3/c1-8-3-4(6)5(7)9-2/h3H,1-2H3/b4-3-. The van der Waals surface area contributed by atoms with Crippen molar-refractivity contribution >= 4 is 5.97 Å². The molecule has 4 heteroatoms. The highest BCUT2D eigenvalue weighted by molar-refractivity contribution is 5.85. The monoisotopic (exact) mass is 134 g/mol. The van der Waals surface area contributed by atoms with Gasteiger partial charge in [0, 0.05) is 0 Å². The number of rotatable bonds is 2. The van der Waals surface area contributed by atoms with E-state index in [-0.39, 0.29) is 0 Å². The molecule has 0 heterocycles. The fourth-order valence-corrected chi connectivity index (χ4v) is 0.249. The molecule has 3 nitrogen and oxygen atoms in total. The first kappa shape index (κ1) is 7.94. The number of carbonyl (C=O) groups excluding carboxylic acids is 1. The zero-order chi connectivity index (χ0) is 7.28. The lowest BCUT2D eigenvalue weighted by Gasteiger charge is -1.92. The molecule has 0 bridgehead atoms. The van der Waals surface area contributed by atoms with Crippen LogP contribution < -0.4 is 0 Å². The molecule has 0 fully saturated rings. The summed E-state index contributed by atoms with van der Waals surface area (Å²) in [6.07, 6.45) is 0.672. The van der Waals surface area contributed by atoms with Gasteiger partial charge in [0.2, 0.25) is 5.83 Å². The molecule has 0 aromatic heterocycles. The van der Waals surface area contributed by atoms with Crippen molar-refractivity contribution < 1.29 is 18.7 Å². The second kappa shape index (κ2) is 3.88.